The second-order valence-corrected chi connectivity index (χ2v) is 5.34. The summed E-state index contributed by atoms with van der Waals surface area (Å²) in [6.07, 6.45) is 0. The van der Waals surface area contributed by atoms with Crippen LogP contribution >= 0.6 is 22.6 Å². The van der Waals surface area contributed by atoms with E-state index >= 15 is 0 Å². The molecule has 3 nitrogen and oxygen atoms in total. The van der Waals surface area contributed by atoms with Crippen LogP contribution in [0.2, 0.25) is 0 Å². The Kier molecular flexibility index (Phi) is 5.40. The van der Waals surface area contributed by atoms with Gasteiger partial charge in [0, 0.05) is 9.13 Å². The van der Waals surface area contributed by atoms with Gasteiger partial charge in [-0.15, -0.1) is 0 Å². The SMILES string of the molecule is CCOc1ccccc1OCC(=O)c1ccc(I)cc1. The van der Waals surface area contributed by atoms with E-state index in [0.717, 1.165) is 3.57 Å². The van der Waals surface area contributed by atoms with E-state index in [1.807, 2.05) is 49.4 Å². The molecule has 2 rings (SSSR count). The number of carbonyl (C=O) groups excluding carboxylic acids is 1. The molecule has 20 heavy (non-hydrogen) atoms. The van der Waals surface area contributed by atoms with E-state index in [4.69, 9.17) is 9.47 Å². The van der Waals surface area contributed by atoms with Crippen molar-refractivity contribution < 1.29 is 14.3 Å². The number of ketones is 1. The minimum Gasteiger partial charge on any atom is -0.490 e. The van der Waals surface area contributed by atoms with Crippen LogP contribution in [0.1, 0.15) is 17.3 Å². The van der Waals surface area contributed by atoms with Crippen molar-refractivity contribution in [2.45, 2.75) is 6.92 Å². The molecular weight excluding hydrogens is 367 g/mol. The second-order valence-electron chi connectivity index (χ2n) is 4.10. The van der Waals surface area contributed by atoms with Crippen molar-refractivity contribution in [2.24, 2.45) is 0 Å². The van der Waals surface area contributed by atoms with Crippen LogP contribution in [0.5, 0.6) is 11.5 Å². The lowest BCUT2D eigenvalue weighted by molar-refractivity contribution is 0.0919. The first-order valence-corrected chi connectivity index (χ1v) is 7.42. The highest BCUT2D eigenvalue weighted by Crippen LogP contribution is 2.26. The molecule has 0 bridgehead atoms. The molecule has 104 valence electrons. The zero-order valence-electron chi connectivity index (χ0n) is 11.1. The molecule has 0 aliphatic rings. The first-order chi connectivity index (χ1) is 9.70. The van der Waals surface area contributed by atoms with Crippen LogP contribution in [0.25, 0.3) is 0 Å². The highest BCUT2D eigenvalue weighted by molar-refractivity contribution is 14.1. The Bertz CT molecular complexity index is 579. The summed E-state index contributed by atoms with van der Waals surface area (Å²) < 4.78 is 12.1. The number of halogens is 1. The Labute approximate surface area is 132 Å². The second kappa shape index (κ2) is 7.28. The first kappa shape index (κ1) is 14.8. The summed E-state index contributed by atoms with van der Waals surface area (Å²) in [4.78, 5) is 12.0. The molecule has 0 N–H and O–H groups in total. The van der Waals surface area contributed by atoms with Crippen LogP contribution in [-0.4, -0.2) is 19.0 Å². The Morgan fingerprint density at radius 3 is 2.20 bits per heavy atom. The van der Waals surface area contributed by atoms with Gasteiger partial charge < -0.3 is 9.47 Å². The van der Waals surface area contributed by atoms with Crippen LogP contribution < -0.4 is 9.47 Å². The monoisotopic (exact) mass is 382 g/mol. The van der Waals surface area contributed by atoms with Crippen LogP contribution in [0.3, 0.4) is 0 Å². The van der Waals surface area contributed by atoms with Crippen molar-refractivity contribution in [3.8, 4) is 11.5 Å². The number of benzene rings is 2. The van der Waals surface area contributed by atoms with Crippen LogP contribution in [0.4, 0.5) is 0 Å². The fourth-order valence-electron chi connectivity index (χ4n) is 1.71. The lowest BCUT2D eigenvalue weighted by Gasteiger charge is -2.11. The Morgan fingerprint density at radius 2 is 1.60 bits per heavy atom. The predicted octanol–water partition coefficient (Wildman–Crippen LogP) is 3.95. The van der Waals surface area contributed by atoms with Crippen molar-refractivity contribution in [3.63, 3.8) is 0 Å². The molecule has 0 heterocycles. The van der Waals surface area contributed by atoms with Crippen molar-refractivity contribution in [3.05, 3.63) is 57.7 Å². The van der Waals surface area contributed by atoms with Gasteiger partial charge >= 0.3 is 0 Å². The smallest absolute Gasteiger partial charge is 0.200 e. The van der Waals surface area contributed by atoms with Crippen molar-refractivity contribution >= 4 is 28.4 Å². The maximum atomic E-state index is 12.0. The quantitative estimate of drug-likeness (QED) is 0.561. The molecule has 0 aliphatic heterocycles. The molecule has 2 aromatic rings. The van der Waals surface area contributed by atoms with E-state index in [-0.39, 0.29) is 12.4 Å². The van der Waals surface area contributed by atoms with Gasteiger partial charge in [-0.2, -0.15) is 0 Å². The normalized spacial score (nSPS) is 10.1. The minimum absolute atomic E-state index is 0.00464. The summed E-state index contributed by atoms with van der Waals surface area (Å²) in [6.45, 7) is 2.48. The third-order valence-corrected chi connectivity index (χ3v) is 3.39. The third-order valence-electron chi connectivity index (χ3n) is 2.67. The van der Waals surface area contributed by atoms with Crippen LogP contribution in [0.15, 0.2) is 48.5 Å². The van der Waals surface area contributed by atoms with Crippen molar-refractivity contribution in [1.29, 1.82) is 0 Å². The lowest BCUT2D eigenvalue weighted by atomic mass is 10.1. The number of ether oxygens (including phenoxy) is 2. The predicted molar refractivity (Wildman–Crippen MR) is 86.6 cm³/mol. The molecule has 0 saturated heterocycles. The summed E-state index contributed by atoms with van der Waals surface area (Å²) in [5.74, 6) is 1.20. The van der Waals surface area contributed by atoms with Gasteiger partial charge in [0.1, 0.15) is 0 Å². The van der Waals surface area contributed by atoms with Gasteiger partial charge in [-0.25, -0.2) is 0 Å². The molecule has 0 radical (unpaired) electrons. The highest BCUT2D eigenvalue weighted by Gasteiger charge is 2.09. The molecule has 0 spiro atoms. The Balaban J connectivity index is 2.01. The van der Waals surface area contributed by atoms with E-state index in [2.05, 4.69) is 22.6 Å². The molecule has 0 saturated carbocycles. The average Bonchev–Trinajstić information content (AvgIpc) is 2.47. The minimum atomic E-state index is -0.0484. The van der Waals surface area contributed by atoms with E-state index in [1.54, 1.807) is 6.07 Å². The van der Waals surface area contributed by atoms with E-state index in [0.29, 0.717) is 23.7 Å². The third kappa shape index (κ3) is 3.96. The van der Waals surface area contributed by atoms with Crippen molar-refractivity contribution in [1.82, 2.24) is 0 Å². The fourth-order valence-corrected chi connectivity index (χ4v) is 2.07. The summed E-state index contributed by atoms with van der Waals surface area (Å²) in [7, 11) is 0. The topological polar surface area (TPSA) is 35.5 Å². The summed E-state index contributed by atoms with van der Waals surface area (Å²) >= 11 is 2.20. The number of para-hydroxylation sites is 2. The molecule has 2 aromatic carbocycles. The molecule has 4 heteroatoms. The Morgan fingerprint density at radius 1 is 1.00 bits per heavy atom. The zero-order valence-corrected chi connectivity index (χ0v) is 13.3. The van der Waals surface area contributed by atoms with Gasteiger partial charge in [0.05, 0.1) is 6.61 Å². The summed E-state index contributed by atoms with van der Waals surface area (Å²) in [5.41, 5.74) is 0.652. The van der Waals surface area contributed by atoms with Gasteiger partial charge in [-0.3, -0.25) is 4.79 Å². The number of carbonyl (C=O) groups is 1. The van der Waals surface area contributed by atoms with Crippen LogP contribution in [-0.2, 0) is 0 Å². The largest absolute Gasteiger partial charge is 0.490 e. The van der Waals surface area contributed by atoms with Crippen LogP contribution in [0, 0.1) is 3.57 Å². The maximum absolute atomic E-state index is 12.0. The molecule has 0 amide bonds. The molecule has 0 aliphatic carbocycles. The van der Waals surface area contributed by atoms with Gasteiger partial charge in [0.15, 0.2) is 23.9 Å². The van der Waals surface area contributed by atoms with Gasteiger partial charge in [0.25, 0.3) is 0 Å². The van der Waals surface area contributed by atoms with E-state index in [9.17, 15) is 4.79 Å². The maximum Gasteiger partial charge on any atom is 0.200 e. The summed E-state index contributed by atoms with van der Waals surface area (Å²) in [5, 5.41) is 0. The zero-order chi connectivity index (χ0) is 14.4. The first-order valence-electron chi connectivity index (χ1n) is 6.34. The molecule has 0 aromatic heterocycles. The number of rotatable bonds is 6. The van der Waals surface area contributed by atoms with Crippen molar-refractivity contribution in [2.75, 3.05) is 13.2 Å². The van der Waals surface area contributed by atoms with Gasteiger partial charge in [-0.1, -0.05) is 24.3 Å². The Hall–Kier alpha value is -1.56. The molecule has 0 unspecified atom stereocenters. The molecule has 0 fully saturated rings. The highest BCUT2D eigenvalue weighted by atomic mass is 127. The lowest BCUT2D eigenvalue weighted by Crippen LogP contribution is -2.12. The fraction of sp³-hybridized carbons (Fsp3) is 0.188. The molecule has 0 atom stereocenters. The van der Waals surface area contributed by atoms with E-state index < -0.39 is 0 Å². The number of hydrogen-bond acceptors (Lipinski definition) is 3. The standard InChI is InChI=1S/C16H15IO3/c1-2-19-15-5-3-4-6-16(15)20-11-14(18)12-7-9-13(17)10-8-12/h3-10H,2,11H2,1H3. The average molecular weight is 382 g/mol. The molecular formula is C16H15IO3. The number of hydrogen-bond donors (Lipinski definition) is 0. The van der Waals surface area contributed by atoms with Gasteiger partial charge in [0.2, 0.25) is 0 Å². The summed E-state index contributed by atoms with van der Waals surface area (Å²) in [6, 6.07) is 14.8. The number of Topliss-reactive ketones (excluding diaryl/α,β-unsaturated/α-hetero) is 1. The van der Waals surface area contributed by atoms with E-state index in [1.165, 1.54) is 0 Å². The van der Waals surface area contributed by atoms with Gasteiger partial charge in [-0.05, 0) is 53.8 Å².